The number of rotatable bonds is 14. The minimum atomic E-state index is -1.63. The Bertz CT molecular complexity index is 2870. The quantitative estimate of drug-likeness (QED) is 0.0868. The molecule has 3 saturated heterocycles. The Hall–Kier alpha value is -5.82. The number of nitrogens with zero attached hydrogens (tertiary/aromatic N) is 5. The number of likely N-dealkylation sites (tertiary alicyclic amines) is 3. The van der Waals surface area contributed by atoms with E-state index in [1.165, 1.54) is 18.7 Å². The summed E-state index contributed by atoms with van der Waals surface area (Å²) in [6.45, 7) is 14.6. The van der Waals surface area contributed by atoms with Crippen molar-refractivity contribution in [3.8, 4) is 16.2 Å². The van der Waals surface area contributed by atoms with E-state index < -0.39 is 59.5 Å². The number of para-hydroxylation sites is 1. The lowest BCUT2D eigenvalue weighted by atomic mass is 9.71. The number of ether oxygens (including phenoxy) is 1. The van der Waals surface area contributed by atoms with Crippen molar-refractivity contribution < 1.29 is 42.2 Å². The first-order valence-electron chi connectivity index (χ1n) is 26.3. The maximum Gasteiger partial charge on any atom is 0.260 e. The maximum atomic E-state index is 16.3. The minimum Gasteiger partial charge on any atom is -0.484 e. The molecule has 4 N–H and O–H groups in total. The molecule has 2 aromatic heterocycles. The molecule has 0 saturated carbocycles. The van der Waals surface area contributed by atoms with E-state index in [0.717, 1.165) is 76.0 Å². The SMILES string of the molecule is Cc1ncsc1-c1ccc(CNC(=O)[C@@H]2C[C@@H](O)CN2C(=O)C(NC(=O)CN2CCC3(CC2)CCN(C(=O)COc2cc(F)c([C@@H]4c5[nH]c6ccccc6c5C[C@@H](C)N4CC(C)(C)F)c(F)c2)CC3)C(C)(C)C)cc1. The van der Waals surface area contributed by atoms with Crippen LogP contribution in [0, 0.1) is 29.4 Å². The molecule has 5 atom stereocenters. The first kappa shape index (κ1) is 54.0. The highest BCUT2D eigenvalue weighted by atomic mass is 32.1. The Morgan fingerprint density at radius 3 is 2.27 bits per heavy atom. The van der Waals surface area contributed by atoms with Gasteiger partial charge in [-0.15, -0.1) is 11.3 Å². The summed E-state index contributed by atoms with van der Waals surface area (Å²) in [4.78, 5) is 70.8. The van der Waals surface area contributed by atoms with Crippen molar-refractivity contribution in [3.05, 3.63) is 106 Å². The van der Waals surface area contributed by atoms with E-state index in [1.54, 1.807) is 16.2 Å². The molecule has 402 valence electrons. The Morgan fingerprint density at radius 2 is 1.63 bits per heavy atom. The van der Waals surface area contributed by atoms with Crippen LogP contribution in [0.4, 0.5) is 13.2 Å². The van der Waals surface area contributed by atoms with Gasteiger partial charge in [-0.05, 0) is 106 Å². The molecule has 4 aliphatic rings. The molecule has 1 spiro atoms. The number of aromatic amines is 1. The zero-order valence-corrected chi connectivity index (χ0v) is 44.9. The van der Waals surface area contributed by atoms with E-state index in [2.05, 4.69) is 25.5 Å². The largest absolute Gasteiger partial charge is 0.484 e. The lowest BCUT2D eigenvalue weighted by molar-refractivity contribution is -0.144. The van der Waals surface area contributed by atoms with E-state index in [9.17, 15) is 24.3 Å². The molecule has 3 fully saturated rings. The third kappa shape index (κ3) is 11.9. The van der Waals surface area contributed by atoms with E-state index in [-0.39, 0.29) is 73.1 Å². The van der Waals surface area contributed by atoms with Crippen LogP contribution in [0.25, 0.3) is 21.3 Å². The van der Waals surface area contributed by atoms with Crippen molar-refractivity contribution in [1.82, 2.24) is 40.2 Å². The summed E-state index contributed by atoms with van der Waals surface area (Å²) in [5, 5.41) is 17.6. The summed E-state index contributed by atoms with van der Waals surface area (Å²) >= 11 is 1.57. The molecule has 5 aromatic rings. The summed E-state index contributed by atoms with van der Waals surface area (Å²) < 4.78 is 53.6. The first-order valence-corrected chi connectivity index (χ1v) is 27.2. The summed E-state index contributed by atoms with van der Waals surface area (Å²) in [6, 6.07) is 14.8. The third-order valence-corrected chi connectivity index (χ3v) is 16.9. The van der Waals surface area contributed by atoms with Crippen molar-refractivity contribution in [2.75, 3.05) is 52.4 Å². The van der Waals surface area contributed by atoms with E-state index in [0.29, 0.717) is 38.3 Å². The number of aromatic nitrogens is 2. The van der Waals surface area contributed by atoms with Crippen molar-refractivity contribution in [3.63, 3.8) is 0 Å². The zero-order chi connectivity index (χ0) is 53.6. The molecule has 0 radical (unpaired) electrons. The second-order valence-corrected chi connectivity index (χ2v) is 24.0. The highest BCUT2D eigenvalue weighted by Crippen LogP contribution is 2.45. The second-order valence-electron chi connectivity index (χ2n) is 23.1. The number of carbonyl (C=O) groups is 4. The van der Waals surface area contributed by atoms with E-state index in [4.69, 9.17) is 4.74 Å². The number of β-amino-alcohol motifs (C(OH)–C–C–N with tert-alkyl or cyclic N) is 1. The standard InChI is InChI=1S/C57H71F3N8O6S/c1-34-24-41-40-10-8-9-11-44(40)63-49(41)50(68(34)32-56(6,7)60)48-42(58)26-39(27-43(48)59)74-31-47(71)66-22-18-57(19-23-66)16-20-65(21-17-57)30-46(70)64-52(55(3,4)5)54(73)67-29-38(69)25-45(67)53(72)61-28-36-12-14-37(15-13-36)51-35(2)62-33-75-51/h8-15,26-27,33-34,38,45,50,52,63,69H,16-25,28-32H2,1-7H3,(H,61,72)(H,64,70)/t34-,38-,45+,50-,52?/m1/s1. The van der Waals surface area contributed by atoms with Crippen molar-refractivity contribution in [2.45, 2.75) is 129 Å². The zero-order valence-electron chi connectivity index (χ0n) is 44.1. The average Bonchev–Trinajstić information content (AvgIpc) is 4.09. The Labute approximate surface area is 441 Å². The van der Waals surface area contributed by atoms with Crippen LogP contribution >= 0.6 is 11.3 Å². The number of aliphatic hydroxyl groups excluding tert-OH is 1. The molecule has 3 aromatic carbocycles. The number of hydrogen-bond donors (Lipinski definition) is 4. The molecule has 1 unspecified atom stereocenters. The molecule has 4 aliphatic heterocycles. The van der Waals surface area contributed by atoms with Gasteiger partial charge >= 0.3 is 0 Å². The molecule has 0 aliphatic carbocycles. The van der Waals surface area contributed by atoms with Gasteiger partial charge in [0.15, 0.2) is 6.61 Å². The Morgan fingerprint density at radius 1 is 0.960 bits per heavy atom. The number of nitrogens with one attached hydrogen (secondary N) is 3. The molecule has 6 heterocycles. The fourth-order valence-corrected chi connectivity index (χ4v) is 12.6. The lowest BCUT2D eigenvalue weighted by Crippen LogP contribution is -2.59. The van der Waals surface area contributed by atoms with Crippen molar-refractivity contribution >= 4 is 45.9 Å². The number of aliphatic hydroxyl groups is 1. The molecule has 18 heteroatoms. The minimum absolute atomic E-state index is 0.0140. The highest BCUT2D eigenvalue weighted by molar-refractivity contribution is 7.13. The van der Waals surface area contributed by atoms with Crippen LogP contribution in [0.5, 0.6) is 5.75 Å². The Balaban J connectivity index is 0.749. The molecule has 75 heavy (non-hydrogen) atoms. The smallest absolute Gasteiger partial charge is 0.260 e. The van der Waals surface area contributed by atoms with Gasteiger partial charge in [0, 0.05) is 79.5 Å². The number of hydrogen-bond acceptors (Lipinski definition) is 10. The summed E-state index contributed by atoms with van der Waals surface area (Å²) in [6.07, 6.45) is 2.96. The number of halogens is 3. The van der Waals surface area contributed by atoms with E-state index >= 15 is 13.2 Å². The van der Waals surface area contributed by atoms with Gasteiger partial charge in [-0.1, -0.05) is 63.2 Å². The number of carbonyl (C=O) groups excluding carboxylic acids is 4. The molecular weight excluding hydrogens is 982 g/mol. The highest BCUT2D eigenvalue weighted by Gasteiger charge is 2.46. The fourth-order valence-electron chi connectivity index (χ4n) is 11.7. The number of benzene rings is 3. The Kier molecular flexibility index (Phi) is 15.6. The monoisotopic (exact) mass is 1050 g/mol. The molecule has 14 nitrogen and oxygen atoms in total. The van der Waals surface area contributed by atoms with Crippen LogP contribution in [0.3, 0.4) is 0 Å². The topological polar surface area (TPSA) is 163 Å². The number of piperidine rings is 2. The third-order valence-electron chi connectivity index (χ3n) is 15.9. The van der Waals surface area contributed by atoms with E-state index in [1.807, 2.05) is 93.6 Å². The average molecular weight is 1050 g/mol. The predicted molar refractivity (Wildman–Crippen MR) is 283 cm³/mol. The van der Waals surface area contributed by atoms with Crippen LogP contribution in [0.15, 0.2) is 66.2 Å². The maximum absolute atomic E-state index is 16.3. The van der Waals surface area contributed by atoms with Crippen LogP contribution in [-0.2, 0) is 32.1 Å². The molecule has 0 bridgehead atoms. The van der Waals surface area contributed by atoms with Crippen LogP contribution < -0.4 is 15.4 Å². The van der Waals surface area contributed by atoms with Gasteiger partial charge < -0.3 is 35.3 Å². The van der Waals surface area contributed by atoms with Gasteiger partial charge in [0.1, 0.15) is 35.1 Å². The van der Waals surface area contributed by atoms with Gasteiger partial charge in [0.25, 0.3) is 5.91 Å². The molecular formula is C57H71F3N8O6S. The lowest BCUT2D eigenvalue weighted by Gasteiger charge is -2.46. The second kappa shape index (κ2) is 21.7. The van der Waals surface area contributed by atoms with Gasteiger partial charge in [-0.3, -0.25) is 29.0 Å². The summed E-state index contributed by atoms with van der Waals surface area (Å²) in [5.41, 5.74) is 4.57. The van der Waals surface area contributed by atoms with Gasteiger partial charge in [0.2, 0.25) is 17.7 Å². The fraction of sp³-hybridized carbons (Fsp3) is 0.526. The first-order chi connectivity index (χ1) is 35.6. The number of alkyl halides is 1. The van der Waals surface area contributed by atoms with Crippen molar-refractivity contribution in [1.29, 1.82) is 0 Å². The predicted octanol–water partition coefficient (Wildman–Crippen LogP) is 7.85. The van der Waals surface area contributed by atoms with Crippen LogP contribution in [0.2, 0.25) is 0 Å². The van der Waals surface area contributed by atoms with Crippen LogP contribution in [-0.4, -0.2) is 141 Å². The molecule has 9 rings (SSSR count). The van der Waals surface area contributed by atoms with Crippen molar-refractivity contribution in [2.24, 2.45) is 10.8 Å². The number of H-pyrrole nitrogens is 1. The van der Waals surface area contributed by atoms with Gasteiger partial charge in [-0.25, -0.2) is 18.2 Å². The number of thiazole rings is 1. The summed E-state index contributed by atoms with van der Waals surface area (Å²) in [7, 11) is 0. The van der Waals surface area contributed by atoms with Crippen LogP contribution in [0.1, 0.15) is 108 Å². The normalized spacial score (nSPS) is 21.8. The number of fused-ring (bicyclic) bond motifs is 3. The number of amides is 4. The van der Waals surface area contributed by atoms with Gasteiger partial charge in [0.05, 0.1) is 34.8 Å². The number of aryl methyl sites for hydroxylation is 1. The van der Waals surface area contributed by atoms with Gasteiger partial charge in [-0.2, -0.15) is 0 Å². The summed E-state index contributed by atoms with van der Waals surface area (Å²) in [5.74, 6) is -3.17. The molecule has 4 amide bonds.